The van der Waals surface area contributed by atoms with Gasteiger partial charge in [0.25, 0.3) is 0 Å². The van der Waals surface area contributed by atoms with Crippen molar-refractivity contribution in [3.05, 3.63) is 41.7 Å². The number of urea groups is 1. The monoisotopic (exact) mass is 543 g/mol. The molecule has 0 aliphatic carbocycles. The number of hydrogen-bond acceptors (Lipinski definition) is 8. The summed E-state index contributed by atoms with van der Waals surface area (Å²) in [6.45, 7) is 7.79. The number of amides is 2. The first-order chi connectivity index (χ1) is 18.6. The van der Waals surface area contributed by atoms with Crippen molar-refractivity contribution in [1.82, 2.24) is 20.2 Å². The highest BCUT2D eigenvalue weighted by atomic mass is 35.5. The van der Waals surface area contributed by atoms with Gasteiger partial charge in [-0.3, -0.25) is 4.90 Å². The third-order valence-corrected chi connectivity index (χ3v) is 6.37. The highest BCUT2D eigenvalue weighted by Crippen LogP contribution is 2.37. The SMILES string of the molecule is CCCNC(=O)Nc1ccc(Oc2ncnc3cc(OCCCCN4CCOCC4)c(OC)cc23)cc1Cl. The molecule has 2 heterocycles. The Morgan fingerprint density at radius 2 is 1.97 bits per heavy atom. The van der Waals surface area contributed by atoms with Crippen molar-refractivity contribution < 1.29 is 23.7 Å². The van der Waals surface area contributed by atoms with E-state index in [4.69, 9.17) is 30.5 Å². The molecule has 0 saturated carbocycles. The first-order valence-corrected chi connectivity index (χ1v) is 13.2. The quantitative estimate of drug-likeness (QED) is 0.304. The highest BCUT2D eigenvalue weighted by Gasteiger charge is 2.15. The lowest BCUT2D eigenvalue weighted by Crippen LogP contribution is -2.36. The third-order valence-electron chi connectivity index (χ3n) is 6.05. The van der Waals surface area contributed by atoms with E-state index in [1.807, 2.05) is 19.1 Å². The molecular formula is C27H34ClN5O5. The lowest BCUT2D eigenvalue weighted by atomic mass is 10.2. The van der Waals surface area contributed by atoms with Gasteiger partial charge >= 0.3 is 6.03 Å². The van der Waals surface area contributed by atoms with Crippen LogP contribution < -0.4 is 24.8 Å². The normalized spacial score (nSPS) is 13.8. The third kappa shape index (κ3) is 7.59. The fourth-order valence-corrected chi connectivity index (χ4v) is 4.23. The van der Waals surface area contributed by atoms with E-state index in [0.717, 1.165) is 52.1 Å². The maximum absolute atomic E-state index is 11.9. The van der Waals surface area contributed by atoms with Crippen molar-refractivity contribution >= 4 is 34.2 Å². The number of rotatable bonds is 12. The van der Waals surface area contributed by atoms with Gasteiger partial charge in [-0.1, -0.05) is 18.5 Å². The van der Waals surface area contributed by atoms with E-state index in [1.165, 1.54) is 6.33 Å². The number of nitrogens with one attached hydrogen (secondary N) is 2. The molecule has 10 nitrogen and oxygen atoms in total. The molecular weight excluding hydrogens is 510 g/mol. The molecule has 0 spiro atoms. The van der Waals surface area contributed by atoms with Gasteiger partial charge in [0.05, 0.1) is 48.5 Å². The van der Waals surface area contributed by atoms with Crippen LogP contribution in [-0.4, -0.2) is 74.0 Å². The smallest absolute Gasteiger partial charge is 0.319 e. The molecule has 0 unspecified atom stereocenters. The first-order valence-electron chi connectivity index (χ1n) is 12.8. The molecule has 1 saturated heterocycles. The second-order valence-electron chi connectivity index (χ2n) is 8.83. The van der Waals surface area contributed by atoms with Gasteiger partial charge in [0.15, 0.2) is 11.5 Å². The molecule has 0 bridgehead atoms. The van der Waals surface area contributed by atoms with Crippen molar-refractivity contribution in [3.63, 3.8) is 0 Å². The average Bonchev–Trinajstić information content (AvgIpc) is 2.93. The lowest BCUT2D eigenvalue weighted by molar-refractivity contribution is 0.0368. The Hall–Kier alpha value is -3.34. The van der Waals surface area contributed by atoms with Gasteiger partial charge in [0.1, 0.15) is 12.1 Å². The zero-order valence-corrected chi connectivity index (χ0v) is 22.6. The number of benzene rings is 2. The number of aromatic nitrogens is 2. The average molecular weight is 544 g/mol. The number of halogens is 1. The molecule has 2 N–H and O–H groups in total. The summed E-state index contributed by atoms with van der Waals surface area (Å²) in [6.07, 6.45) is 4.26. The van der Waals surface area contributed by atoms with E-state index >= 15 is 0 Å². The van der Waals surface area contributed by atoms with Crippen molar-refractivity contribution in [1.29, 1.82) is 0 Å². The Bertz CT molecular complexity index is 1220. The van der Waals surface area contributed by atoms with E-state index < -0.39 is 0 Å². The fourth-order valence-electron chi connectivity index (χ4n) is 4.02. The molecule has 2 aromatic carbocycles. The summed E-state index contributed by atoms with van der Waals surface area (Å²) in [5.74, 6) is 2.01. The maximum Gasteiger partial charge on any atom is 0.319 e. The molecule has 4 rings (SSSR count). The molecule has 204 valence electrons. The maximum atomic E-state index is 11.9. The summed E-state index contributed by atoms with van der Waals surface area (Å²) in [5, 5.41) is 6.48. The number of anilines is 1. The van der Waals surface area contributed by atoms with E-state index in [1.54, 1.807) is 25.3 Å². The second kappa shape index (κ2) is 14.0. The zero-order valence-electron chi connectivity index (χ0n) is 21.8. The molecule has 2 amide bonds. The Morgan fingerprint density at radius 1 is 1.13 bits per heavy atom. The van der Waals surface area contributed by atoms with Crippen LogP contribution in [0.25, 0.3) is 10.9 Å². The Morgan fingerprint density at radius 3 is 2.74 bits per heavy atom. The zero-order chi connectivity index (χ0) is 26.7. The Kier molecular flexibility index (Phi) is 10.2. The van der Waals surface area contributed by atoms with Gasteiger partial charge in [-0.15, -0.1) is 0 Å². The molecule has 0 atom stereocenters. The molecule has 0 radical (unpaired) electrons. The fraction of sp³-hybridized carbons (Fsp3) is 0.444. The van der Waals surface area contributed by atoms with Gasteiger partial charge < -0.3 is 29.6 Å². The standard InChI is InChI=1S/C27H34ClN5O5/c1-3-8-29-27(34)32-22-7-6-19(15-21(22)28)38-26-20-16-24(35-2)25(17-23(20)30-18-31-26)37-12-5-4-9-33-10-13-36-14-11-33/h6-7,15-18H,3-5,8-14H2,1-2H3,(H2,29,32,34). The molecule has 1 aliphatic heterocycles. The van der Waals surface area contributed by atoms with Crippen molar-refractivity contribution in [3.8, 4) is 23.1 Å². The largest absolute Gasteiger partial charge is 0.493 e. The van der Waals surface area contributed by atoms with Crippen LogP contribution in [0.4, 0.5) is 10.5 Å². The minimum atomic E-state index is -0.313. The van der Waals surface area contributed by atoms with E-state index in [2.05, 4.69) is 25.5 Å². The Labute approximate surface area is 227 Å². The summed E-state index contributed by atoms with van der Waals surface area (Å²) >= 11 is 6.38. The first kappa shape index (κ1) is 27.7. The van der Waals surface area contributed by atoms with Crippen LogP contribution in [0.3, 0.4) is 0 Å². The van der Waals surface area contributed by atoms with Crippen LogP contribution in [0.15, 0.2) is 36.7 Å². The number of hydrogen-bond donors (Lipinski definition) is 2. The molecule has 1 aliphatic rings. The van der Waals surface area contributed by atoms with Gasteiger partial charge in [-0.25, -0.2) is 14.8 Å². The number of methoxy groups -OCH3 is 1. The van der Waals surface area contributed by atoms with E-state index in [9.17, 15) is 4.79 Å². The van der Waals surface area contributed by atoms with Crippen LogP contribution >= 0.6 is 11.6 Å². The summed E-state index contributed by atoms with van der Waals surface area (Å²) in [5.41, 5.74) is 1.14. The number of carbonyl (C=O) groups excluding carboxylic acids is 1. The molecule has 11 heteroatoms. The predicted octanol–water partition coefficient (Wildman–Crippen LogP) is 5.11. The van der Waals surface area contributed by atoms with Gasteiger partial charge in [-0.05, 0) is 44.0 Å². The van der Waals surface area contributed by atoms with Crippen LogP contribution in [0.2, 0.25) is 5.02 Å². The Balaban J connectivity index is 1.40. The second-order valence-corrected chi connectivity index (χ2v) is 9.24. The van der Waals surface area contributed by atoms with Crippen LogP contribution in [-0.2, 0) is 4.74 Å². The van der Waals surface area contributed by atoms with Gasteiger partial charge in [0.2, 0.25) is 5.88 Å². The van der Waals surface area contributed by atoms with E-state index in [-0.39, 0.29) is 6.03 Å². The van der Waals surface area contributed by atoms with E-state index in [0.29, 0.717) is 57.9 Å². The van der Waals surface area contributed by atoms with Crippen LogP contribution in [0, 0.1) is 0 Å². The van der Waals surface area contributed by atoms with Crippen molar-refractivity contribution in [2.24, 2.45) is 0 Å². The highest BCUT2D eigenvalue weighted by molar-refractivity contribution is 6.33. The minimum absolute atomic E-state index is 0.313. The summed E-state index contributed by atoms with van der Waals surface area (Å²) < 4.78 is 23.1. The number of unbranched alkanes of at least 4 members (excludes halogenated alkanes) is 1. The van der Waals surface area contributed by atoms with Crippen molar-refractivity contribution in [2.75, 3.05) is 58.4 Å². The lowest BCUT2D eigenvalue weighted by Gasteiger charge is -2.26. The summed E-state index contributed by atoms with van der Waals surface area (Å²) in [4.78, 5) is 23.1. The van der Waals surface area contributed by atoms with Gasteiger partial charge in [0, 0.05) is 31.8 Å². The summed E-state index contributed by atoms with van der Waals surface area (Å²) in [7, 11) is 1.60. The predicted molar refractivity (Wildman–Crippen MR) is 147 cm³/mol. The number of ether oxygens (including phenoxy) is 4. The number of nitrogens with zero attached hydrogens (tertiary/aromatic N) is 3. The molecule has 1 fully saturated rings. The van der Waals surface area contributed by atoms with Crippen LogP contribution in [0.1, 0.15) is 26.2 Å². The molecule has 38 heavy (non-hydrogen) atoms. The minimum Gasteiger partial charge on any atom is -0.493 e. The number of fused-ring (bicyclic) bond motifs is 1. The van der Waals surface area contributed by atoms with Gasteiger partial charge in [-0.2, -0.15) is 0 Å². The number of carbonyl (C=O) groups is 1. The molecule has 1 aromatic heterocycles. The van der Waals surface area contributed by atoms with Crippen molar-refractivity contribution in [2.45, 2.75) is 26.2 Å². The summed E-state index contributed by atoms with van der Waals surface area (Å²) in [6, 6.07) is 8.34. The molecule has 3 aromatic rings. The van der Waals surface area contributed by atoms with Crippen LogP contribution in [0.5, 0.6) is 23.1 Å². The topological polar surface area (TPSA) is 107 Å². The number of morpholine rings is 1.